The van der Waals surface area contributed by atoms with Crippen LogP contribution in [0.5, 0.6) is 0 Å². The van der Waals surface area contributed by atoms with Gasteiger partial charge in [0.15, 0.2) is 6.04 Å². The van der Waals surface area contributed by atoms with Crippen molar-refractivity contribution in [3.63, 3.8) is 0 Å². The number of amides is 3. The number of hydrogen-bond acceptors (Lipinski definition) is 9. The number of esters is 1. The van der Waals surface area contributed by atoms with Gasteiger partial charge in [-0.05, 0) is 29.8 Å². The van der Waals surface area contributed by atoms with Crippen LogP contribution in [-0.2, 0) is 25.7 Å². The van der Waals surface area contributed by atoms with Crippen LogP contribution in [0.2, 0.25) is 0 Å². The summed E-state index contributed by atoms with van der Waals surface area (Å²) in [6.07, 6.45) is 0. The van der Waals surface area contributed by atoms with Gasteiger partial charge in [-0.15, -0.1) is 11.8 Å². The minimum absolute atomic E-state index is 0.00844. The number of benzene rings is 2. The number of thioether (sulfide) groups is 1. The van der Waals surface area contributed by atoms with Crippen molar-refractivity contribution in [3.8, 4) is 0 Å². The lowest BCUT2D eigenvalue weighted by molar-refractivity contribution is -0.384. The van der Waals surface area contributed by atoms with Crippen LogP contribution in [0.1, 0.15) is 26.3 Å². The molecule has 5 rings (SSSR count). The number of ether oxygens (including phenoxy) is 1. The van der Waals surface area contributed by atoms with E-state index in [1.165, 1.54) is 36.4 Å². The molecular formula is C23H15N3O8S. The number of β-lactam (4-membered cyclic amide) rings is 1. The molecule has 0 aliphatic carbocycles. The van der Waals surface area contributed by atoms with Gasteiger partial charge in [0.25, 0.3) is 23.4 Å². The molecule has 3 heterocycles. The highest BCUT2D eigenvalue weighted by atomic mass is 32.2. The van der Waals surface area contributed by atoms with Crippen molar-refractivity contribution in [1.29, 1.82) is 0 Å². The van der Waals surface area contributed by atoms with Crippen molar-refractivity contribution < 1.29 is 33.6 Å². The van der Waals surface area contributed by atoms with Gasteiger partial charge in [-0.1, -0.05) is 12.1 Å². The van der Waals surface area contributed by atoms with Gasteiger partial charge in [0.1, 0.15) is 24.0 Å². The summed E-state index contributed by atoms with van der Waals surface area (Å²) < 4.78 is 5.30. The van der Waals surface area contributed by atoms with E-state index in [1.807, 2.05) is 0 Å². The van der Waals surface area contributed by atoms with Crippen molar-refractivity contribution >= 4 is 47.1 Å². The molecular weight excluding hydrogens is 478 g/mol. The first-order valence-corrected chi connectivity index (χ1v) is 11.4. The minimum atomic E-state index is -1.34. The summed E-state index contributed by atoms with van der Waals surface area (Å²) in [5.41, 5.74) is 0.772. The lowest BCUT2D eigenvalue weighted by Crippen LogP contribution is -2.75. The zero-order valence-corrected chi connectivity index (χ0v) is 18.6. The van der Waals surface area contributed by atoms with Gasteiger partial charge in [0.2, 0.25) is 0 Å². The molecule has 11 nitrogen and oxygen atoms in total. The van der Waals surface area contributed by atoms with Gasteiger partial charge < -0.3 is 9.64 Å². The molecule has 0 N–H and O–H groups in total. The monoisotopic (exact) mass is 493 g/mol. The zero-order valence-electron chi connectivity index (χ0n) is 17.8. The van der Waals surface area contributed by atoms with Crippen LogP contribution >= 0.6 is 11.8 Å². The fourth-order valence-corrected chi connectivity index (χ4v) is 5.70. The number of carbonyl (C=O) groups excluding carboxylic acids is 5. The number of hydrogen-bond donors (Lipinski definition) is 0. The Labute approximate surface area is 201 Å². The molecule has 176 valence electrons. The lowest BCUT2D eigenvalue weighted by atomic mass is 9.97. The normalized spacial score (nSPS) is 22.8. The molecule has 12 heteroatoms. The smallest absolute Gasteiger partial charge is 0.334 e. The summed E-state index contributed by atoms with van der Waals surface area (Å²) in [5.74, 6) is -0.927. The largest absolute Gasteiger partial charge is 0.459 e. The van der Waals surface area contributed by atoms with E-state index in [4.69, 9.17) is 4.74 Å². The number of fused-ring (bicyclic) bond motifs is 2. The van der Waals surface area contributed by atoms with Crippen LogP contribution in [0.25, 0.3) is 0 Å². The van der Waals surface area contributed by atoms with Crippen molar-refractivity contribution in [2.24, 2.45) is 0 Å². The molecule has 0 saturated carbocycles. The molecule has 2 aromatic rings. The Morgan fingerprint density at radius 3 is 2.29 bits per heavy atom. The predicted molar refractivity (Wildman–Crippen MR) is 120 cm³/mol. The maximum atomic E-state index is 13.1. The summed E-state index contributed by atoms with van der Waals surface area (Å²) in [6.45, 7) is -0.235. The number of nitro benzene ring substituents is 1. The summed E-state index contributed by atoms with van der Waals surface area (Å²) >= 11 is 1.15. The highest BCUT2D eigenvalue weighted by Gasteiger charge is 2.62. The van der Waals surface area contributed by atoms with Crippen LogP contribution < -0.4 is 0 Å². The summed E-state index contributed by atoms with van der Waals surface area (Å²) in [5, 5.41) is 10.1. The highest BCUT2D eigenvalue weighted by molar-refractivity contribution is 8.00. The summed E-state index contributed by atoms with van der Waals surface area (Å²) in [6, 6.07) is 9.19. The Balaban J connectivity index is 1.33. The highest BCUT2D eigenvalue weighted by Crippen LogP contribution is 2.44. The second-order valence-corrected chi connectivity index (χ2v) is 9.08. The van der Waals surface area contributed by atoms with E-state index in [1.54, 1.807) is 18.1 Å². The lowest BCUT2D eigenvalue weighted by Gasteiger charge is -2.53. The fraction of sp³-hybridized carbons (Fsp3) is 0.217. The van der Waals surface area contributed by atoms with E-state index in [0.717, 1.165) is 21.6 Å². The Kier molecular flexibility index (Phi) is 5.46. The fourth-order valence-electron chi connectivity index (χ4n) is 4.32. The third kappa shape index (κ3) is 3.50. The van der Waals surface area contributed by atoms with Crippen LogP contribution in [0.3, 0.4) is 0 Å². The molecule has 2 fully saturated rings. The van der Waals surface area contributed by atoms with Gasteiger partial charge >= 0.3 is 5.97 Å². The van der Waals surface area contributed by atoms with Gasteiger partial charge in [0, 0.05) is 17.9 Å². The van der Waals surface area contributed by atoms with E-state index in [-0.39, 0.29) is 34.7 Å². The first-order valence-electron chi connectivity index (χ1n) is 10.4. The first-order chi connectivity index (χ1) is 16.8. The van der Waals surface area contributed by atoms with Crippen molar-refractivity contribution in [2.45, 2.75) is 24.1 Å². The van der Waals surface area contributed by atoms with E-state index < -0.39 is 46.1 Å². The van der Waals surface area contributed by atoms with Crippen molar-refractivity contribution in [2.75, 3.05) is 5.75 Å². The second kappa shape index (κ2) is 8.49. The zero-order chi connectivity index (χ0) is 24.9. The topological polar surface area (TPSA) is 144 Å². The Morgan fingerprint density at radius 2 is 1.71 bits per heavy atom. The first kappa shape index (κ1) is 22.5. The predicted octanol–water partition coefficient (Wildman–Crippen LogP) is 1.34. The number of nitro groups is 1. The third-order valence-corrected chi connectivity index (χ3v) is 7.36. The number of carbonyl (C=O) groups is 4. The van der Waals surface area contributed by atoms with Gasteiger partial charge in [-0.3, -0.25) is 29.4 Å². The molecule has 0 radical (unpaired) electrons. The molecule has 3 amide bonds. The number of nitrogens with zero attached hydrogens (tertiary/aromatic N) is 3. The summed E-state index contributed by atoms with van der Waals surface area (Å²) in [7, 11) is 0. The molecule has 3 atom stereocenters. The van der Waals surface area contributed by atoms with Gasteiger partial charge in [0.05, 0.1) is 21.6 Å². The SMILES string of the molecule is O=C=C1CS[C@H]2C(N3C(=O)c4ccccc4C3=O)C(=O)N2C1C(=O)OCc1ccc([N+](=O)[O-])cc1. The van der Waals surface area contributed by atoms with Crippen LogP contribution in [0.4, 0.5) is 5.69 Å². The Morgan fingerprint density at radius 1 is 1.09 bits per heavy atom. The molecule has 3 aliphatic rings. The summed E-state index contributed by atoms with van der Waals surface area (Å²) in [4.78, 5) is 75.5. The van der Waals surface area contributed by atoms with Gasteiger partial charge in [-0.25, -0.2) is 9.59 Å². The average molecular weight is 493 g/mol. The molecule has 0 aromatic heterocycles. The van der Waals surface area contributed by atoms with E-state index in [2.05, 4.69) is 0 Å². The Hall–Kier alpha value is -4.28. The maximum absolute atomic E-state index is 13.1. The minimum Gasteiger partial charge on any atom is -0.459 e. The van der Waals surface area contributed by atoms with E-state index in [9.17, 15) is 34.1 Å². The van der Waals surface area contributed by atoms with Crippen molar-refractivity contribution in [1.82, 2.24) is 9.80 Å². The van der Waals surface area contributed by atoms with Crippen molar-refractivity contribution in [3.05, 3.63) is 80.9 Å². The molecule has 2 unspecified atom stereocenters. The van der Waals surface area contributed by atoms with Crippen LogP contribution in [-0.4, -0.2) is 67.6 Å². The van der Waals surface area contributed by atoms with E-state index in [0.29, 0.717) is 5.56 Å². The molecule has 0 spiro atoms. The number of rotatable bonds is 5. The van der Waals surface area contributed by atoms with E-state index >= 15 is 0 Å². The van der Waals surface area contributed by atoms with Crippen LogP contribution in [0, 0.1) is 10.1 Å². The Bertz CT molecular complexity index is 1320. The number of imide groups is 1. The quantitative estimate of drug-likeness (QED) is 0.150. The molecule has 2 aromatic carbocycles. The third-order valence-electron chi connectivity index (χ3n) is 6.06. The standard InChI is InChI=1S/C23H15N3O8S/c27-9-13-11-35-22-18(24-19(28)15-3-1-2-4-16(15)20(24)29)21(30)25(22)17(13)23(31)34-10-12-5-7-14(8-6-12)26(32)33/h1-8,17-18,22H,10-11H2/t17?,18?,22-/m0/s1. The molecule has 3 aliphatic heterocycles. The molecule has 0 bridgehead atoms. The average Bonchev–Trinajstić information content (AvgIpc) is 3.11. The maximum Gasteiger partial charge on any atom is 0.334 e. The van der Waals surface area contributed by atoms with Crippen LogP contribution in [0.15, 0.2) is 54.1 Å². The number of non-ortho nitro benzene ring substituents is 1. The second-order valence-electron chi connectivity index (χ2n) is 7.98. The molecule has 2 saturated heterocycles. The molecule has 35 heavy (non-hydrogen) atoms. The van der Waals surface area contributed by atoms with Gasteiger partial charge in [-0.2, -0.15) is 0 Å².